The molecule has 1 heterocycles. The number of amides is 1. The molecule has 0 spiro atoms. The minimum absolute atomic E-state index is 0.284. The monoisotopic (exact) mass is 247 g/mol. The molecule has 3 heteroatoms. The van der Waals surface area contributed by atoms with Gasteiger partial charge in [0.2, 0.25) is 5.91 Å². The van der Waals surface area contributed by atoms with E-state index in [4.69, 9.17) is 7.85 Å². The smallest absolute Gasteiger partial charge is 0.226 e. The second-order valence-corrected chi connectivity index (χ2v) is 6.40. The van der Waals surface area contributed by atoms with Gasteiger partial charge >= 0.3 is 0 Å². The Kier molecular flexibility index (Phi) is 4.74. The minimum Gasteiger partial charge on any atom is -0.340 e. The van der Waals surface area contributed by atoms with E-state index < -0.39 is 0 Å². The molecule has 18 heavy (non-hydrogen) atoms. The summed E-state index contributed by atoms with van der Waals surface area (Å²) in [5, 5.41) is 0. The predicted octanol–water partition coefficient (Wildman–Crippen LogP) is 3.17. The number of fused-ring (bicyclic) bond motifs is 1. The summed E-state index contributed by atoms with van der Waals surface area (Å²) >= 11 is 0. The average molecular weight is 247 g/mol. The molecule has 2 radical (unpaired) electrons. The van der Waals surface area contributed by atoms with Crippen LogP contribution in [-0.2, 0) is 4.79 Å². The molecule has 1 amide bonds. The van der Waals surface area contributed by atoms with Gasteiger partial charge in [0.1, 0.15) is 0 Å². The van der Waals surface area contributed by atoms with E-state index in [9.17, 15) is 4.79 Å². The maximum Gasteiger partial charge on any atom is 0.226 e. The second-order valence-electron chi connectivity index (χ2n) is 6.40. The number of hydrogen-bond donors (Lipinski definition) is 0. The Morgan fingerprint density at radius 3 is 2.56 bits per heavy atom. The van der Waals surface area contributed by atoms with Crippen LogP contribution in [0.4, 0.5) is 0 Å². The molecule has 0 N–H and O–H groups in total. The average Bonchev–Trinajstić information content (AvgIpc) is 2.41. The van der Waals surface area contributed by atoms with E-state index in [-0.39, 0.29) is 5.92 Å². The fourth-order valence-corrected chi connectivity index (χ4v) is 3.59. The van der Waals surface area contributed by atoms with E-state index in [0.29, 0.717) is 23.7 Å². The van der Waals surface area contributed by atoms with Crippen LogP contribution in [0.2, 0.25) is 5.82 Å². The maximum absolute atomic E-state index is 12.6. The van der Waals surface area contributed by atoms with E-state index in [1.807, 2.05) is 0 Å². The first-order valence-electron chi connectivity index (χ1n) is 7.65. The normalized spacial score (nSPS) is 34.7. The Morgan fingerprint density at radius 2 is 1.83 bits per heavy atom. The van der Waals surface area contributed by atoms with Crippen molar-refractivity contribution in [1.29, 1.82) is 0 Å². The number of piperidine rings is 1. The first-order valence-corrected chi connectivity index (χ1v) is 7.65. The summed E-state index contributed by atoms with van der Waals surface area (Å²) in [5.74, 6) is 1.65. The molecular weight excluding hydrogens is 221 g/mol. The standard InChI is InChI=1S/C15H26BNO/c1-11(2)17-10-9-12-7-8-13(16)5-3-4-6-14(12)15(17)18/h11-14H,3-10H2,1-2H3. The predicted molar refractivity (Wildman–Crippen MR) is 75.7 cm³/mol. The van der Waals surface area contributed by atoms with Crippen LogP contribution in [-0.4, -0.2) is 31.2 Å². The number of nitrogens with zero attached hydrogens (tertiary/aromatic N) is 1. The summed E-state index contributed by atoms with van der Waals surface area (Å²) in [6.07, 6.45) is 8.04. The number of hydrogen-bond acceptors (Lipinski definition) is 1. The highest BCUT2D eigenvalue weighted by molar-refractivity contribution is 6.11. The molecule has 0 aromatic rings. The van der Waals surface area contributed by atoms with Crippen LogP contribution in [0.3, 0.4) is 0 Å². The number of carbonyl (C=O) groups excluding carboxylic acids is 1. The van der Waals surface area contributed by atoms with Crippen LogP contribution in [0, 0.1) is 11.8 Å². The summed E-state index contributed by atoms with van der Waals surface area (Å²) in [6, 6.07) is 0.355. The van der Waals surface area contributed by atoms with Crippen molar-refractivity contribution < 1.29 is 4.79 Å². The summed E-state index contributed by atoms with van der Waals surface area (Å²) in [5.41, 5.74) is 0. The molecule has 2 rings (SSSR count). The lowest BCUT2D eigenvalue weighted by atomic mass is 9.75. The van der Waals surface area contributed by atoms with Gasteiger partial charge in [-0.2, -0.15) is 0 Å². The molecule has 1 saturated carbocycles. The lowest BCUT2D eigenvalue weighted by Gasteiger charge is -2.40. The van der Waals surface area contributed by atoms with E-state index in [1.54, 1.807) is 0 Å². The fourth-order valence-electron chi connectivity index (χ4n) is 3.59. The minimum atomic E-state index is 0.284. The maximum atomic E-state index is 12.6. The zero-order chi connectivity index (χ0) is 13.1. The first kappa shape index (κ1) is 14.0. The van der Waals surface area contributed by atoms with Crippen LogP contribution in [0.5, 0.6) is 0 Å². The summed E-state index contributed by atoms with van der Waals surface area (Å²) in [6.45, 7) is 5.21. The molecule has 1 saturated heterocycles. The molecule has 100 valence electrons. The molecule has 2 aliphatic rings. The third kappa shape index (κ3) is 3.10. The van der Waals surface area contributed by atoms with Gasteiger partial charge in [-0.15, -0.1) is 0 Å². The summed E-state index contributed by atoms with van der Waals surface area (Å²) in [4.78, 5) is 14.6. The SMILES string of the molecule is [B]C1CCCCC2C(=O)N(C(C)C)CCC2CC1. The topological polar surface area (TPSA) is 20.3 Å². The van der Waals surface area contributed by atoms with Gasteiger partial charge in [0.05, 0.1) is 7.85 Å². The second kappa shape index (κ2) is 6.12. The molecule has 3 unspecified atom stereocenters. The van der Waals surface area contributed by atoms with Crippen molar-refractivity contribution in [3.8, 4) is 0 Å². The quantitative estimate of drug-likeness (QED) is 0.652. The van der Waals surface area contributed by atoms with Gasteiger partial charge in [-0.25, -0.2) is 0 Å². The van der Waals surface area contributed by atoms with Crippen molar-refractivity contribution in [3.63, 3.8) is 0 Å². The number of carbonyl (C=O) groups is 1. The van der Waals surface area contributed by atoms with Gasteiger partial charge in [0, 0.05) is 18.5 Å². The molecule has 0 aromatic carbocycles. The Hall–Kier alpha value is -0.465. The molecule has 2 fully saturated rings. The van der Waals surface area contributed by atoms with Crippen molar-refractivity contribution in [2.75, 3.05) is 6.54 Å². The zero-order valence-corrected chi connectivity index (χ0v) is 11.9. The third-order valence-corrected chi connectivity index (χ3v) is 4.78. The molecule has 2 nitrogen and oxygen atoms in total. The van der Waals surface area contributed by atoms with Crippen molar-refractivity contribution in [2.45, 2.75) is 70.7 Å². The van der Waals surface area contributed by atoms with Crippen LogP contribution >= 0.6 is 0 Å². The van der Waals surface area contributed by atoms with Crippen molar-refractivity contribution in [2.24, 2.45) is 11.8 Å². The van der Waals surface area contributed by atoms with E-state index in [2.05, 4.69) is 18.7 Å². The largest absolute Gasteiger partial charge is 0.340 e. The molecular formula is C15H26BNO. The Bertz CT molecular complexity index is 292. The van der Waals surface area contributed by atoms with Crippen LogP contribution in [0.25, 0.3) is 0 Å². The highest BCUT2D eigenvalue weighted by atomic mass is 16.2. The first-order chi connectivity index (χ1) is 8.59. The van der Waals surface area contributed by atoms with Gasteiger partial charge in [-0.05, 0) is 32.6 Å². The van der Waals surface area contributed by atoms with Crippen molar-refractivity contribution in [3.05, 3.63) is 0 Å². The Labute approximate surface area is 113 Å². The van der Waals surface area contributed by atoms with Gasteiger partial charge in [0.25, 0.3) is 0 Å². The van der Waals surface area contributed by atoms with Crippen molar-refractivity contribution >= 4 is 13.8 Å². The molecule has 0 bridgehead atoms. The third-order valence-electron chi connectivity index (χ3n) is 4.78. The van der Waals surface area contributed by atoms with Gasteiger partial charge < -0.3 is 4.90 Å². The van der Waals surface area contributed by atoms with E-state index in [1.165, 1.54) is 19.3 Å². The Balaban J connectivity index is 2.05. The lowest BCUT2D eigenvalue weighted by molar-refractivity contribution is -0.143. The summed E-state index contributed by atoms with van der Waals surface area (Å²) in [7, 11) is 6.11. The van der Waals surface area contributed by atoms with E-state index >= 15 is 0 Å². The highest BCUT2D eigenvalue weighted by Crippen LogP contribution is 2.36. The fraction of sp³-hybridized carbons (Fsp3) is 0.933. The molecule has 1 aliphatic carbocycles. The van der Waals surface area contributed by atoms with Crippen LogP contribution in [0.1, 0.15) is 58.8 Å². The van der Waals surface area contributed by atoms with Crippen LogP contribution < -0.4 is 0 Å². The summed E-state index contributed by atoms with van der Waals surface area (Å²) < 4.78 is 0. The molecule has 0 aromatic heterocycles. The van der Waals surface area contributed by atoms with Gasteiger partial charge in [-0.3, -0.25) is 4.79 Å². The van der Waals surface area contributed by atoms with Crippen molar-refractivity contribution in [1.82, 2.24) is 4.90 Å². The highest BCUT2D eigenvalue weighted by Gasteiger charge is 2.37. The van der Waals surface area contributed by atoms with Gasteiger partial charge in [-0.1, -0.05) is 37.9 Å². The van der Waals surface area contributed by atoms with E-state index in [0.717, 1.165) is 32.2 Å². The van der Waals surface area contributed by atoms with Crippen LogP contribution in [0.15, 0.2) is 0 Å². The number of likely N-dealkylation sites (tertiary alicyclic amines) is 1. The molecule has 3 atom stereocenters. The van der Waals surface area contributed by atoms with Gasteiger partial charge in [0.15, 0.2) is 0 Å². The zero-order valence-electron chi connectivity index (χ0n) is 11.9. The number of rotatable bonds is 1. The Morgan fingerprint density at radius 1 is 1.11 bits per heavy atom. The lowest BCUT2D eigenvalue weighted by Crippen LogP contribution is -2.48. The molecule has 1 aliphatic heterocycles.